The molecular weight excluding hydrogens is 404 g/mol. The summed E-state index contributed by atoms with van der Waals surface area (Å²) in [7, 11) is 0. The quantitative estimate of drug-likeness (QED) is 0.687. The molecule has 1 N–H and O–H groups in total. The lowest BCUT2D eigenvalue weighted by atomic mass is 9.89. The molecule has 1 aromatic heterocycles. The number of rotatable bonds is 4. The van der Waals surface area contributed by atoms with Gasteiger partial charge in [-0.3, -0.25) is 14.7 Å². The second-order valence-electron chi connectivity index (χ2n) is 8.66. The molecule has 2 aliphatic heterocycles. The first-order valence-electron chi connectivity index (χ1n) is 11.4. The molecule has 166 valence electrons. The van der Waals surface area contributed by atoms with Crippen LogP contribution < -0.4 is 0 Å². The maximum absolute atomic E-state index is 13.0. The second-order valence-corrected chi connectivity index (χ2v) is 8.66. The van der Waals surface area contributed by atoms with E-state index in [0.29, 0.717) is 37.9 Å². The number of nitrogens with one attached hydrogen (secondary N) is 1. The molecule has 3 heterocycles. The monoisotopic (exact) mass is 432 g/mol. The van der Waals surface area contributed by atoms with E-state index in [1.165, 1.54) is 5.56 Å². The molecule has 7 heteroatoms. The van der Waals surface area contributed by atoms with E-state index < -0.39 is 0 Å². The van der Waals surface area contributed by atoms with Gasteiger partial charge in [-0.05, 0) is 48.9 Å². The summed E-state index contributed by atoms with van der Waals surface area (Å²) in [5.74, 6) is 0.625. The summed E-state index contributed by atoms with van der Waals surface area (Å²) in [5.41, 5.74) is 3.38. The number of aromatic nitrogens is 2. The number of morpholine rings is 1. The number of piperidine rings is 1. The molecule has 2 saturated heterocycles. The van der Waals surface area contributed by atoms with Gasteiger partial charge < -0.3 is 14.5 Å². The Morgan fingerprint density at radius 1 is 0.906 bits per heavy atom. The molecule has 2 aromatic carbocycles. The minimum absolute atomic E-state index is 0.00637. The fourth-order valence-corrected chi connectivity index (χ4v) is 4.68. The number of likely N-dealkylation sites (tertiary alicyclic amines) is 1. The molecule has 2 aliphatic rings. The standard InChI is InChI=1S/C25H28N4O3/c30-24(29-13-15-32-16-14-29)20-7-5-18(6-8-20)17-19-9-11-28(12-10-19)25(31)23-21-3-1-2-4-22(21)26-27-23/h1-8,19H,9-17H2,(H,26,27). The summed E-state index contributed by atoms with van der Waals surface area (Å²) in [6.45, 7) is 4.04. The van der Waals surface area contributed by atoms with Crippen molar-refractivity contribution in [2.45, 2.75) is 19.3 Å². The maximum Gasteiger partial charge on any atom is 0.274 e. The maximum atomic E-state index is 13.0. The van der Waals surface area contributed by atoms with E-state index in [2.05, 4.69) is 22.3 Å². The number of ether oxygens (including phenoxy) is 1. The van der Waals surface area contributed by atoms with Crippen LogP contribution in [0, 0.1) is 5.92 Å². The van der Waals surface area contributed by atoms with Crippen LogP contribution in [-0.2, 0) is 11.2 Å². The van der Waals surface area contributed by atoms with Gasteiger partial charge in [0, 0.05) is 37.1 Å². The zero-order chi connectivity index (χ0) is 21.9. The molecule has 0 aliphatic carbocycles. The minimum atomic E-state index is 0.00637. The summed E-state index contributed by atoms with van der Waals surface area (Å²) in [4.78, 5) is 29.4. The number of carbonyl (C=O) groups is 2. The second kappa shape index (κ2) is 9.12. The largest absolute Gasteiger partial charge is 0.378 e. The Hall–Kier alpha value is -3.19. The van der Waals surface area contributed by atoms with E-state index in [0.717, 1.165) is 48.8 Å². The van der Waals surface area contributed by atoms with Crippen LogP contribution in [-0.4, -0.2) is 71.2 Å². The van der Waals surface area contributed by atoms with E-state index in [-0.39, 0.29) is 11.8 Å². The van der Waals surface area contributed by atoms with Crippen molar-refractivity contribution >= 4 is 22.7 Å². The van der Waals surface area contributed by atoms with Crippen LogP contribution in [0.25, 0.3) is 10.9 Å². The molecule has 0 saturated carbocycles. The van der Waals surface area contributed by atoms with Gasteiger partial charge in [-0.15, -0.1) is 0 Å². The third-order valence-electron chi connectivity index (χ3n) is 6.60. The molecular formula is C25H28N4O3. The number of carbonyl (C=O) groups excluding carboxylic acids is 2. The van der Waals surface area contributed by atoms with E-state index in [4.69, 9.17) is 4.74 Å². The normalized spacial score (nSPS) is 17.6. The number of amides is 2. The summed E-state index contributed by atoms with van der Waals surface area (Å²) in [6, 6.07) is 15.8. The summed E-state index contributed by atoms with van der Waals surface area (Å²) >= 11 is 0. The van der Waals surface area contributed by atoms with Gasteiger partial charge in [0.25, 0.3) is 11.8 Å². The van der Waals surface area contributed by atoms with Crippen molar-refractivity contribution < 1.29 is 14.3 Å². The Labute approximate surface area is 187 Å². The molecule has 32 heavy (non-hydrogen) atoms. The van der Waals surface area contributed by atoms with Crippen LogP contribution in [0.4, 0.5) is 0 Å². The number of benzene rings is 2. The van der Waals surface area contributed by atoms with E-state index in [1.807, 2.05) is 46.2 Å². The fraction of sp³-hybridized carbons (Fsp3) is 0.400. The van der Waals surface area contributed by atoms with Crippen molar-refractivity contribution in [2.75, 3.05) is 39.4 Å². The smallest absolute Gasteiger partial charge is 0.274 e. The van der Waals surface area contributed by atoms with Crippen LogP contribution in [0.3, 0.4) is 0 Å². The molecule has 0 bridgehead atoms. The molecule has 3 aromatic rings. The van der Waals surface area contributed by atoms with E-state index in [1.54, 1.807) is 0 Å². The lowest BCUT2D eigenvalue weighted by Gasteiger charge is -2.31. The zero-order valence-electron chi connectivity index (χ0n) is 18.1. The van der Waals surface area contributed by atoms with Crippen molar-refractivity contribution in [1.29, 1.82) is 0 Å². The van der Waals surface area contributed by atoms with Crippen LogP contribution in [0.2, 0.25) is 0 Å². The molecule has 2 amide bonds. The van der Waals surface area contributed by atoms with Crippen molar-refractivity contribution in [3.8, 4) is 0 Å². The number of hydrogen-bond donors (Lipinski definition) is 1. The highest BCUT2D eigenvalue weighted by Crippen LogP contribution is 2.25. The van der Waals surface area contributed by atoms with Gasteiger partial charge in [0.15, 0.2) is 5.69 Å². The predicted octanol–water partition coefficient (Wildman–Crippen LogP) is 3.13. The molecule has 2 fully saturated rings. The van der Waals surface area contributed by atoms with Crippen molar-refractivity contribution in [3.63, 3.8) is 0 Å². The van der Waals surface area contributed by atoms with Crippen LogP contribution in [0.1, 0.15) is 39.3 Å². The molecule has 5 rings (SSSR count). The van der Waals surface area contributed by atoms with Crippen molar-refractivity contribution in [2.24, 2.45) is 5.92 Å². The van der Waals surface area contributed by atoms with E-state index >= 15 is 0 Å². The zero-order valence-corrected chi connectivity index (χ0v) is 18.1. The van der Waals surface area contributed by atoms with Crippen molar-refractivity contribution in [3.05, 3.63) is 65.4 Å². The van der Waals surface area contributed by atoms with Crippen LogP contribution in [0.5, 0.6) is 0 Å². The molecule has 7 nitrogen and oxygen atoms in total. The Balaban J connectivity index is 1.15. The Kier molecular flexibility index (Phi) is 5.90. The third kappa shape index (κ3) is 4.25. The van der Waals surface area contributed by atoms with Gasteiger partial charge in [-0.2, -0.15) is 5.10 Å². The van der Waals surface area contributed by atoms with Crippen molar-refractivity contribution in [1.82, 2.24) is 20.0 Å². The number of hydrogen-bond acceptors (Lipinski definition) is 4. The Bertz CT molecular complexity index is 1090. The molecule has 0 unspecified atom stereocenters. The summed E-state index contributed by atoms with van der Waals surface area (Å²) in [6.07, 6.45) is 2.92. The van der Waals surface area contributed by atoms with Gasteiger partial charge >= 0.3 is 0 Å². The Morgan fingerprint density at radius 2 is 1.59 bits per heavy atom. The highest BCUT2D eigenvalue weighted by atomic mass is 16.5. The summed E-state index contributed by atoms with van der Waals surface area (Å²) in [5, 5.41) is 8.09. The SMILES string of the molecule is O=C(c1ccc(CC2CCN(C(=O)c3n[nH]c4ccccc34)CC2)cc1)N1CCOCC1. The Morgan fingerprint density at radius 3 is 2.34 bits per heavy atom. The van der Waals surface area contributed by atoms with Crippen LogP contribution in [0.15, 0.2) is 48.5 Å². The minimum Gasteiger partial charge on any atom is -0.378 e. The topological polar surface area (TPSA) is 78.5 Å². The molecule has 0 radical (unpaired) electrons. The van der Waals surface area contributed by atoms with E-state index in [9.17, 15) is 9.59 Å². The summed E-state index contributed by atoms with van der Waals surface area (Å²) < 4.78 is 5.33. The van der Waals surface area contributed by atoms with Gasteiger partial charge in [-0.1, -0.05) is 30.3 Å². The van der Waals surface area contributed by atoms with Crippen LogP contribution >= 0.6 is 0 Å². The fourth-order valence-electron chi connectivity index (χ4n) is 4.68. The highest BCUT2D eigenvalue weighted by Gasteiger charge is 2.26. The highest BCUT2D eigenvalue weighted by molar-refractivity contribution is 6.04. The molecule has 0 atom stereocenters. The van der Waals surface area contributed by atoms with Gasteiger partial charge in [0.05, 0.1) is 18.7 Å². The first-order chi connectivity index (χ1) is 15.7. The average Bonchev–Trinajstić information content (AvgIpc) is 3.29. The number of para-hydroxylation sites is 1. The first kappa shape index (κ1) is 20.7. The average molecular weight is 433 g/mol. The van der Waals surface area contributed by atoms with Gasteiger partial charge in [0.2, 0.25) is 0 Å². The number of fused-ring (bicyclic) bond motifs is 1. The number of H-pyrrole nitrogens is 1. The number of nitrogens with zero attached hydrogens (tertiary/aromatic N) is 3. The lowest BCUT2D eigenvalue weighted by molar-refractivity contribution is 0.0303. The predicted molar refractivity (Wildman–Crippen MR) is 122 cm³/mol. The van der Waals surface area contributed by atoms with Gasteiger partial charge in [0.1, 0.15) is 0 Å². The number of aromatic amines is 1. The molecule has 0 spiro atoms. The third-order valence-corrected chi connectivity index (χ3v) is 6.60. The lowest BCUT2D eigenvalue weighted by Crippen LogP contribution is -2.40. The van der Waals surface area contributed by atoms with Gasteiger partial charge in [-0.25, -0.2) is 0 Å². The first-order valence-corrected chi connectivity index (χ1v) is 11.4.